The number of aromatic nitrogens is 2. The van der Waals surface area contributed by atoms with Crippen LogP contribution in [0.15, 0.2) is 6.07 Å². The zero-order valence-corrected chi connectivity index (χ0v) is 7.51. The van der Waals surface area contributed by atoms with Gasteiger partial charge in [-0.3, -0.25) is 0 Å². The predicted molar refractivity (Wildman–Crippen MR) is 43.8 cm³/mol. The fourth-order valence-corrected chi connectivity index (χ4v) is 1.47. The maximum absolute atomic E-state index is 12.7. The van der Waals surface area contributed by atoms with Crippen molar-refractivity contribution in [3.63, 3.8) is 0 Å². The van der Waals surface area contributed by atoms with Gasteiger partial charge in [0.2, 0.25) is 0 Å². The van der Waals surface area contributed by atoms with Crippen LogP contribution in [-0.2, 0) is 0 Å². The first-order chi connectivity index (χ1) is 6.00. The van der Waals surface area contributed by atoms with Crippen molar-refractivity contribution < 1.29 is 8.78 Å². The van der Waals surface area contributed by atoms with Crippen LogP contribution in [0.4, 0.5) is 8.78 Å². The van der Waals surface area contributed by atoms with Crippen LogP contribution in [-0.4, -0.2) is 16.1 Å². The van der Waals surface area contributed by atoms with Crippen LogP contribution in [0.2, 0.25) is 0 Å². The molecule has 0 saturated heterocycles. The third kappa shape index (κ3) is 1.41. The molecule has 0 spiro atoms. The Labute approximate surface area is 75.0 Å². The lowest BCUT2D eigenvalue weighted by Crippen LogP contribution is -2.00. The molecule has 0 aromatic carbocycles. The molecule has 4 heteroatoms. The second kappa shape index (κ2) is 2.47. The van der Waals surface area contributed by atoms with E-state index in [1.54, 1.807) is 19.9 Å². The molecule has 1 unspecified atom stereocenters. The predicted octanol–water partition coefficient (Wildman–Crippen LogP) is 2.22. The molecule has 0 radical (unpaired) electrons. The van der Waals surface area contributed by atoms with Crippen LogP contribution < -0.4 is 0 Å². The van der Waals surface area contributed by atoms with Crippen molar-refractivity contribution in [2.24, 2.45) is 0 Å². The van der Waals surface area contributed by atoms with Gasteiger partial charge in [0.1, 0.15) is 0 Å². The minimum atomic E-state index is -2.51. The van der Waals surface area contributed by atoms with E-state index >= 15 is 0 Å². The zero-order chi connectivity index (χ0) is 9.64. The first-order valence-corrected chi connectivity index (χ1v) is 4.19. The smallest absolute Gasteiger partial charge is 0.206 e. The van der Waals surface area contributed by atoms with E-state index in [4.69, 9.17) is 0 Å². The van der Waals surface area contributed by atoms with Gasteiger partial charge in [-0.25, -0.2) is 8.78 Å². The molecular formula is C9H10F2N2. The standard InChI is InChI=1S/C9H10F2N2/c1-5-3-7(6(2)13-12-5)8-4-9(8,10)11/h3,8H,4H2,1-2H3. The van der Waals surface area contributed by atoms with Crippen molar-refractivity contribution in [2.75, 3.05) is 0 Å². The molecule has 2 nitrogen and oxygen atoms in total. The van der Waals surface area contributed by atoms with Crippen LogP contribution in [0.5, 0.6) is 0 Å². The minimum absolute atomic E-state index is 0.0427. The van der Waals surface area contributed by atoms with Gasteiger partial charge in [0, 0.05) is 6.42 Å². The van der Waals surface area contributed by atoms with E-state index in [1.807, 2.05) is 0 Å². The Bertz CT molecular complexity index is 349. The van der Waals surface area contributed by atoms with Crippen LogP contribution in [0.3, 0.4) is 0 Å². The van der Waals surface area contributed by atoms with E-state index in [-0.39, 0.29) is 6.42 Å². The van der Waals surface area contributed by atoms with Gasteiger partial charge in [0.15, 0.2) is 0 Å². The fourth-order valence-electron chi connectivity index (χ4n) is 1.47. The van der Waals surface area contributed by atoms with Gasteiger partial charge in [-0.2, -0.15) is 10.2 Å². The maximum atomic E-state index is 12.7. The zero-order valence-electron chi connectivity index (χ0n) is 7.51. The molecule has 0 N–H and O–H groups in total. The number of alkyl halides is 2. The Morgan fingerprint density at radius 1 is 1.38 bits per heavy atom. The molecule has 2 rings (SSSR count). The highest BCUT2D eigenvalue weighted by molar-refractivity contribution is 5.32. The Balaban J connectivity index is 2.36. The van der Waals surface area contributed by atoms with Crippen molar-refractivity contribution in [3.8, 4) is 0 Å². The summed E-state index contributed by atoms with van der Waals surface area (Å²) < 4.78 is 25.5. The van der Waals surface area contributed by atoms with Gasteiger partial charge < -0.3 is 0 Å². The summed E-state index contributed by atoms with van der Waals surface area (Å²) in [5.41, 5.74) is 1.97. The summed E-state index contributed by atoms with van der Waals surface area (Å²) in [4.78, 5) is 0. The second-order valence-corrected chi connectivity index (χ2v) is 3.54. The average Bonchev–Trinajstić information content (AvgIpc) is 2.65. The Morgan fingerprint density at radius 2 is 2.00 bits per heavy atom. The van der Waals surface area contributed by atoms with Crippen LogP contribution >= 0.6 is 0 Å². The van der Waals surface area contributed by atoms with Crippen molar-refractivity contribution in [2.45, 2.75) is 32.1 Å². The lowest BCUT2D eigenvalue weighted by atomic mass is 10.1. The summed E-state index contributed by atoms with van der Waals surface area (Å²) in [6.45, 7) is 3.48. The lowest BCUT2D eigenvalue weighted by molar-refractivity contribution is 0.112. The summed E-state index contributed by atoms with van der Waals surface area (Å²) in [7, 11) is 0. The van der Waals surface area contributed by atoms with E-state index < -0.39 is 11.8 Å². The molecule has 13 heavy (non-hydrogen) atoms. The Hall–Kier alpha value is -1.06. The Morgan fingerprint density at radius 3 is 2.54 bits per heavy atom. The third-order valence-corrected chi connectivity index (χ3v) is 2.34. The van der Waals surface area contributed by atoms with E-state index in [0.29, 0.717) is 17.0 Å². The van der Waals surface area contributed by atoms with E-state index in [2.05, 4.69) is 10.2 Å². The second-order valence-electron chi connectivity index (χ2n) is 3.54. The monoisotopic (exact) mass is 184 g/mol. The highest BCUT2D eigenvalue weighted by atomic mass is 19.3. The lowest BCUT2D eigenvalue weighted by Gasteiger charge is -2.03. The van der Waals surface area contributed by atoms with E-state index in [1.165, 1.54) is 0 Å². The molecule has 1 saturated carbocycles. The fraction of sp³-hybridized carbons (Fsp3) is 0.556. The SMILES string of the molecule is Cc1cc(C2CC2(F)F)c(C)nn1. The first-order valence-electron chi connectivity index (χ1n) is 4.19. The molecule has 0 bridgehead atoms. The summed E-state index contributed by atoms with van der Waals surface area (Å²) in [6, 6.07) is 1.70. The highest BCUT2D eigenvalue weighted by Gasteiger charge is 2.58. The third-order valence-electron chi connectivity index (χ3n) is 2.34. The number of hydrogen-bond donors (Lipinski definition) is 0. The van der Waals surface area contributed by atoms with Crippen molar-refractivity contribution in [1.82, 2.24) is 10.2 Å². The maximum Gasteiger partial charge on any atom is 0.256 e. The number of halogens is 2. The van der Waals surface area contributed by atoms with Crippen LogP contribution in [0.25, 0.3) is 0 Å². The summed E-state index contributed by atoms with van der Waals surface area (Å²) in [5, 5.41) is 7.62. The molecule has 1 fully saturated rings. The molecule has 70 valence electrons. The minimum Gasteiger partial charge on any atom is -0.206 e. The van der Waals surface area contributed by atoms with Crippen LogP contribution in [0, 0.1) is 13.8 Å². The van der Waals surface area contributed by atoms with Gasteiger partial charge in [0.25, 0.3) is 5.92 Å². The molecule has 1 aliphatic carbocycles. The summed E-state index contributed by atoms with van der Waals surface area (Å²) in [6.07, 6.45) is -0.0427. The molecule has 1 aromatic rings. The van der Waals surface area contributed by atoms with E-state index in [0.717, 1.165) is 0 Å². The first kappa shape index (κ1) is 8.53. The average molecular weight is 184 g/mol. The van der Waals surface area contributed by atoms with E-state index in [9.17, 15) is 8.78 Å². The van der Waals surface area contributed by atoms with Crippen molar-refractivity contribution in [3.05, 3.63) is 23.0 Å². The topological polar surface area (TPSA) is 25.8 Å². The van der Waals surface area contributed by atoms with Gasteiger partial charge in [-0.1, -0.05) is 0 Å². The number of nitrogens with zero attached hydrogens (tertiary/aromatic N) is 2. The summed E-state index contributed by atoms with van der Waals surface area (Å²) >= 11 is 0. The largest absolute Gasteiger partial charge is 0.256 e. The normalized spacial score (nSPS) is 24.5. The molecule has 1 aromatic heterocycles. The van der Waals surface area contributed by atoms with Gasteiger partial charge in [0.05, 0.1) is 17.3 Å². The molecular weight excluding hydrogens is 174 g/mol. The molecule has 1 heterocycles. The number of aryl methyl sites for hydroxylation is 2. The highest BCUT2D eigenvalue weighted by Crippen LogP contribution is 2.56. The van der Waals surface area contributed by atoms with Crippen molar-refractivity contribution >= 4 is 0 Å². The number of rotatable bonds is 1. The molecule has 0 aliphatic heterocycles. The van der Waals surface area contributed by atoms with Gasteiger partial charge in [-0.05, 0) is 25.5 Å². The molecule has 1 atom stereocenters. The van der Waals surface area contributed by atoms with Gasteiger partial charge >= 0.3 is 0 Å². The van der Waals surface area contributed by atoms with Gasteiger partial charge in [-0.15, -0.1) is 0 Å². The molecule has 0 amide bonds. The number of hydrogen-bond acceptors (Lipinski definition) is 2. The quantitative estimate of drug-likeness (QED) is 0.668. The van der Waals surface area contributed by atoms with Crippen LogP contribution in [0.1, 0.15) is 29.3 Å². The summed E-state index contributed by atoms with van der Waals surface area (Å²) in [5.74, 6) is -3.14. The molecule has 1 aliphatic rings. The van der Waals surface area contributed by atoms with Crippen molar-refractivity contribution in [1.29, 1.82) is 0 Å². The Kier molecular flexibility index (Phi) is 1.62.